The van der Waals surface area contributed by atoms with E-state index in [-0.39, 0.29) is 17.2 Å². The molecule has 0 fully saturated rings. The number of anilines is 1. The summed E-state index contributed by atoms with van der Waals surface area (Å²) < 4.78 is 20.0. The van der Waals surface area contributed by atoms with Gasteiger partial charge in [-0.25, -0.2) is 14.5 Å². The number of benzene rings is 1. The Morgan fingerprint density at radius 3 is 2.71 bits per heavy atom. The van der Waals surface area contributed by atoms with Crippen LogP contribution in [0.5, 0.6) is 0 Å². The van der Waals surface area contributed by atoms with E-state index >= 15 is 0 Å². The molecule has 2 heterocycles. The minimum absolute atomic E-state index is 0.00000927. The highest BCUT2D eigenvalue weighted by Gasteiger charge is 2.23. The molecule has 160 valence electrons. The minimum atomic E-state index is -1.03. The molecule has 0 aliphatic rings. The van der Waals surface area contributed by atoms with E-state index < -0.39 is 34.9 Å². The van der Waals surface area contributed by atoms with Crippen molar-refractivity contribution < 1.29 is 23.6 Å². The van der Waals surface area contributed by atoms with Crippen LogP contribution in [0, 0.1) is 15.9 Å². The Labute approximate surface area is 175 Å². The fraction of sp³-hybridized carbons (Fsp3) is 0.200. The van der Waals surface area contributed by atoms with E-state index in [1.54, 1.807) is 24.4 Å². The predicted octanol–water partition coefficient (Wildman–Crippen LogP) is 3.23. The molecule has 10 nitrogen and oxygen atoms in total. The molecule has 0 aliphatic carbocycles. The fourth-order valence-electron chi connectivity index (χ4n) is 2.87. The first-order chi connectivity index (χ1) is 14.8. The SMILES string of the molecule is CC(C)c1c(C(=O)OCC(=O)Nc2ccc(F)c([N+](=O)[O-])c2)cnn1-c1ccccn1. The molecule has 2 aromatic heterocycles. The van der Waals surface area contributed by atoms with E-state index in [1.807, 2.05) is 13.8 Å². The molecule has 3 aromatic rings. The Morgan fingerprint density at radius 1 is 1.29 bits per heavy atom. The Balaban J connectivity index is 1.70. The van der Waals surface area contributed by atoms with Gasteiger partial charge in [0.05, 0.1) is 16.8 Å². The van der Waals surface area contributed by atoms with E-state index in [4.69, 9.17) is 4.74 Å². The minimum Gasteiger partial charge on any atom is -0.452 e. The number of nitro benzene ring substituents is 1. The van der Waals surface area contributed by atoms with Crippen LogP contribution in [0.25, 0.3) is 5.82 Å². The number of rotatable bonds is 7. The van der Waals surface area contributed by atoms with Gasteiger partial charge in [-0.1, -0.05) is 19.9 Å². The van der Waals surface area contributed by atoms with E-state index in [0.717, 1.165) is 18.2 Å². The summed E-state index contributed by atoms with van der Waals surface area (Å²) in [5.41, 5.74) is -0.0255. The third-order valence-corrected chi connectivity index (χ3v) is 4.20. The van der Waals surface area contributed by atoms with Gasteiger partial charge < -0.3 is 10.1 Å². The number of pyridine rings is 1. The van der Waals surface area contributed by atoms with Gasteiger partial charge in [-0.05, 0) is 30.2 Å². The van der Waals surface area contributed by atoms with Crippen molar-refractivity contribution >= 4 is 23.3 Å². The standard InChI is InChI=1S/C20H18FN5O5/c1-12(2)19-14(10-23-25(19)17-5-3-4-8-22-17)20(28)31-11-18(27)24-13-6-7-15(21)16(9-13)26(29)30/h3-10,12H,11H2,1-2H3,(H,24,27). The molecule has 0 saturated heterocycles. The molecule has 0 bridgehead atoms. The van der Waals surface area contributed by atoms with E-state index in [1.165, 1.54) is 10.9 Å². The van der Waals surface area contributed by atoms with E-state index in [9.17, 15) is 24.1 Å². The van der Waals surface area contributed by atoms with E-state index in [2.05, 4.69) is 15.4 Å². The second-order valence-electron chi connectivity index (χ2n) is 6.75. The summed E-state index contributed by atoms with van der Waals surface area (Å²) in [5, 5.41) is 17.3. The summed E-state index contributed by atoms with van der Waals surface area (Å²) in [4.78, 5) is 38.7. The van der Waals surface area contributed by atoms with Crippen LogP contribution in [0.1, 0.15) is 35.8 Å². The lowest BCUT2D eigenvalue weighted by Crippen LogP contribution is -2.21. The summed E-state index contributed by atoms with van der Waals surface area (Å²) in [6.07, 6.45) is 2.94. The molecule has 3 rings (SSSR count). The third-order valence-electron chi connectivity index (χ3n) is 4.20. The first kappa shape index (κ1) is 21.6. The van der Waals surface area contributed by atoms with Crippen molar-refractivity contribution in [2.24, 2.45) is 0 Å². The molecule has 1 aromatic carbocycles. The van der Waals surface area contributed by atoms with Gasteiger partial charge in [-0.2, -0.15) is 9.49 Å². The third kappa shape index (κ3) is 4.89. The monoisotopic (exact) mass is 427 g/mol. The lowest BCUT2D eigenvalue weighted by atomic mass is 10.1. The van der Waals surface area contributed by atoms with Crippen molar-refractivity contribution in [3.8, 4) is 5.82 Å². The second-order valence-corrected chi connectivity index (χ2v) is 6.75. The molecule has 0 aliphatic heterocycles. The molecular weight excluding hydrogens is 409 g/mol. The number of halogens is 1. The van der Waals surface area contributed by atoms with Gasteiger partial charge in [0.2, 0.25) is 5.82 Å². The maximum Gasteiger partial charge on any atom is 0.342 e. The number of ether oxygens (including phenoxy) is 1. The van der Waals surface area contributed by atoms with Crippen LogP contribution in [-0.2, 0) is 9.53 Å². The number of esters is 1. The lowest BCUT2D eigenvalue weighted by molar-refractivity contribution is -0.387. The largest absolute Gasteiger partial charge is 0.452 e. The highest BCUT2D eigenvalue weighted by Crippen LogP contribution is 2.23. The number of hydrogen-bond acceptors (Lipinski definition) is 7. The quantitative estimate of drug-likeness (QED) is 0.348. The zero-order chi connectivity index (χ0) is 22.5. The van der Waals surface area contributed by atoms with Crippen LogP contribution in [0.2, 0.25) is 0 Å². The molecule has 11 heteroatoms. The number of nitrogens with zero attached hydrogens (tertiary/aromatic N) is 4. The van der Waals surface area contributed by atoms with Crippen LogP contribution in [-0.4, -0.2) is 38.2 Å². The average Bonchev–Trinajstić information content (AvgIpc) is 3.19. The van der Waals surface area contributed by atoms with E-state index in [0.29, 0.717) is 11.5 Å². The van der Waals surface area contributed by atoms with Gasteiger partial charge in [-0.15, -0.1) is 0 Å². The number of hydrogen-bond donors (Lipinski definition) is 1. The first-order valence-electron chi connectivity index (χ1n) is 9.18. The molecule has 1 amide bonds. The summed E-state index contributed by atoms with van der Waals surface area (Å²) in [6.45, 7) is 3.11. The molecular formula is C20H18FN5O5. The molecule has 0 atom stereocenters. The summed E-state index contributed by atoms with van der Waals surface area (Å²) in [6, 6.07) is 8.18. The number of nitrogens with one attached hydrogen (secondary N) is 1. The lowest BCUT2D eigenvalue weighted by Gasteiger charge is -2.12. The Morgan fingerprint density at radius 2 is 2.06 bits per heavy atom. The normalized spacial score (nSPS) is 10.7. The highest BCUT2D eigenvalue weighted by molar-refractivity contribution is 5.96. The molecule has 0 spiro atoms. The van der Waals surface area contributed by atoms with Crippen molar-refractivity contribution in [1.82, 2.24) is 14.8 Å². The smallest absolute Gasteiger partial charge is 0.342 e. The van der Waals surface area contributed by atoms with Crippen LogP contribution in [0.4, 0.5) is 15.8 Å². The van der Waals surface area contributed by atoms with Crippen LogP contribution >= 0.6 is 0 Å². The zero-order valence-electron chi connectivity index (χ0n) is 16.6. The maximum atomic E-state index is 13.4. The number of carbonyl (C=O) groups is 2. The maximum absolute atomic E-state index is 13.4. The summed E-state index contributed by atoms with van der Waals surface area (Å²) >= 11 is 0. The number of aromatic nitrogens is 3. The van der Waals surface area contributed by atoms with Gasteiger partial charge in [0.25, 0.3) is 5.91 Å². The highest BCUT2D eigenvalue weighted by atomic mass is 19.1. The molecule has 0 saturated carbocycles. The second kappa shape index (κ2) is 9.11. The van der Waals surface area contributed by atoms with Crippen molar-refractivity contribution in [3.05, 3.63) is 76.0 Å². The van der Waals surface area contributed by atoms with Gasteiger partial charge in [0.1, 0.15) is 5.56 Å². The Kier molecular flexibility index (Phi) is 6.34. The topological polar surface area (TPSA) is 129 Å². The number of nitro groups is 1. The van der Waals surface area contributed by atoms with Crippen molar-refractivity contribution in [2.75, 3.05) is 11.9 Å². The van der Waals surface area contributed by atoms with Crippen LogP contribution < -0.4 is 5.32 Å². The van der Waals surface area contributed by atoms with Gasteiger partial charge >= 0.3 is 11.7 Å². The van der Waals surface area contributed by atoms with Gasteiger partial charge in [-0.3, -0.25) is 14.9 Å². The molecule has 0 unspecified atom stereocenters. The molecule has 0 radical (unpaired) electrons. The van der Waals surface area contributed by atoms with Crippen molar-refractivity contribution in [3.63, 3.8) is 0 Å². The number of amides is 1. The van der Waals surface area contributed by atoms with Crippen molar-refractivity contribution in [1.29, 1.82) is 0 Å². The van der Waals surface area contributed by atoms with Crippen molar-refractivity contribution in [2.45, 2.75) is 19.8 Å². The average molecular weight is 427 g/mol. The number of carbonyl (C=O) groups excluding carboxylic acids is 2. The Bertz CT molecular complexity index is 1130. The van der Waals surface area contributed by atoms with Crippen LogP contribution in [0.3, 0.4) is 0 Å². The molecule has 31 heavy (non-hydrogen) atoms. The summed E-state index contributed by atoms with van der Waals surface area (Å²) in [7, 11) is 0. The fourth-order valence-corrected chi connectivity index (χ4v) is 2.87. The zero-order valence-corrected chi connectivity index (χ0v) is 16.6. The molecule has 1 N–H and O–H groups in total. The predicted molar refractivity (Wildman–Crippen MR) is 107 cm³/mol. The Hall–Kier alpha value is -4.15. The summed E-state index contributed by atoms with van der Waals surface area (Å²) in [5.74, 6) is -2.09. The van der Waals surface area contributed by atoms with Crippen LogP contribution in [0.15, 0.2) is 48.8 Å². The van der Waals surface area contributed by atoms with Gasteiger partial charge in [0.15, 0.2) is 12.4 Å². The van der Waals surface area contributed by atoms with Gasteiger partial charge in [0, 0.05) is 18.0 Å². The first-order valence-corrected chi connectivity index (χ1v) is 9.18.